The minimum Gasteiger partial charge on any atom is -0.0616 e. The largest absolute Gasteiger partial charge is 0.0616 e. The Kier molecular flexibility index (Phi) is 5.00. The molecule has 0 unspecified atom stereocenters. The average molecular weight is 531 g/mol. The fraction of sp³-hybridized carbons (Fsp3) is 0. The third kappa shape index (κ3) is 3.49. The molecule has 0 aliphatic rings. The highest BCUT2D eigenvalue weighted by Gasteiger charge is 2.18. The van der Waals surface area contributed by atoms with Crippen LogP contribution in [-0.2, 0) is 0 Å². The van der Waals surface area contributed by atoms with E-state index in [-0.39, 0.29) is 0 Å². The van der Waals surface area contributed by atoms with E-state index in [0.717, 1.165) is 0 Å². The Morgan fingerprint density at radius 2 is 0.810 bits per heavy atom. The van der Waals surface area contributed by atoms with Crippen LogP contribution in [0, 0.1) is 0 Å². The van der Waals surface area contributed by atoms with Crippen molar-refractivity contribution in [1.82, 2.24) is 0 Å². The van der Waals surface area contributed by atoms with Crippen molar-refractivity contribution >= 4 is 64.6 Å². The average Bonchev–Trinajstić information content (AvgIpc) is 3.05. The minimum atomic E-state index is 1.24. The van der Waals surface area contributed by atoms with Crippen molar-refractivity contribution in [2.45, 2.75) is 0 Å². The molecule has 42 heavy (non-hydrogen) atoms. The first-order valence-electron chi connectivity index (χ1n) is 14.6. The lowest BCUT2D eigenvalue weighted by molar-refractivity contribution is 1.68. The van der Waals surface area contributed by atoms with E-state index in [1.165, 1.54) is 86.9 Å². The molecule has 0 heterocycles. The van der Waals surface area contributed by atoms with Gasteiger partial charge >= 0.3 is 0 Å². The third-order valence-corrected chi connectivity index (χ3v) is 8.94. The number of benzene rings is 9. The second kappa shape index (κ2) is 9.03. The summed E-state index contributed by atoms with van der Waals surface area (Å²) in [4.78, 5) is 0. The van der Waals surface area contributed by atoms with Crippen LogP contribution in [-0.4, -0.2) is 0 Å². The van der Waals surface area contributed by atoms with E-state index in [1.807, 2.05) is 0 Å². The van der Waals surface area contributed by atoms with Gasteiger partial charge in [-0.15, -0.1) is 0 Å². The zero-order valence-electron chi connectivity index (χ0n) is 23.0. The molecular formula is C42H26. The van der Waals surface area contributed by atoms with E-state index in [0.29, 0.717) is 0 Å². The Morgan fingerprint density at radius 1 is 0.262 bits per heavy atom. The highest BCUT2D eigenvalue weighted by molar-refractivity contribution is 6.24. The van der Waals surface area contributed by atoms with Crippen molar-refractivity contribution in [3.05, 3.63) is 158 Å². The van der Waals surface area contributed by atoms with Gasteiger partial charge in [0.2, 0.25) is 0 Å². The van der Waals surface area contributed by atoms with E-state index in [4.69, 9.17) is 0 Å². The molecule has 0 saturated heterocycles. The third-order valence-electron chi connectivity index (χ3n) is 8.94. The fourth-order valence-corrected chi connectivity index (χ4v) is 7.01. The normalized spacial score (nSPS) is 11.8. The lowest BCUT2D eigenvalue weighted by Crippen LogP contribution is -1.91. The molecule has 9 aromatic rings. The molecule has 0 aliphatic carbocycles. The Bertz CT molecular complexity index is 2510. The number of fused-ring (bicyclic) bond motifs is 7. The second-order valence-electron chi connectivity index (χ2n) is 11.3. The van der Waals surface area contributed by atoms with Gasteiger partial charge in [-0.3, -0.25) is 0 Å². The molecule has 9 rings (SSSR count). The summed E-state index contributed by atoms with van der Waals surface area (Å²) in [6, 6.07) is 58.2. The number of hydrogen-bond donors (Lipinski definition) is 0. The van der Waals surface area contributed by atoms with E-state index in [2.05, 4.69) is 158 Å². The van der Waals surface area contributed by atoms with Gasteiger partial charge in [0.05, 0.1) is 0 Å². The van der Waals surface area contributed by atoms with Gasteiger partial charge in [-0.25, -0.2) is 0 Å². The van der Waals surface area contributed by atoms with E-state index < -0.39 is 0 Å². The minimum absolute atomic E-state index is 1.24. The van der Waals surface area contributed by atoms with E-state index in [1.54, 1.807) is 0 Å². The van der Waals surface area contributed by atoms with Crippen molar-refractivity contribution < 1.29 is 0 Å². The van der Waals surface area contributed by atoms with Gasteiger partial charge in [-0.1, -0.05) is 127 Å². The monoisotopic (exact) mass is 530 g/mol. The highest BCUT2D eigenvalue weighted by atomic mass is 14.2. The van der Waals surface area contributed by atoms with E-state index >= 15 is 0 Å². The van der Waals surface area contributed by atoms with Gasteiger partial charge in [-0.2, -0.15) is 0 Å². The summed E-state index contributed by atoms with van der Waals surface area (Å²) in [6.45, 7) is 0. The lowest BCUT2D eigenvalue weighted by atomic mass is 9.84. The SMILES string of the molecule is c1ccc2cc3cc(-c4cccc5cc6ccccc6c(-c6cc7ccccc7c7ccccc67)c45)ccc3cc2c1. The zero-order valence-corrected chi connectivity index (χ0v) is 23.0. The van der Waals surface area contributed by atoms with Crippen LogP contribution >= 0.6 is 0 Å². The maximum Gasteiger partial charge on any atom is -0.00141 e. The molecule has 0 bridgehead atoms. The first-order valence-corrected chi connectivity index (χ1v) is 14.6. The van der Waals surface area contributed by atoms with Gasteiger partial charge in [0.15, 0.2) is 0 Å². The predicted octanol–water partition coefficient (Wildman–Crippen LogP) is 11.9. The van der Waals surface area contributed by atoms with Gasteiger partial charge in [-0.05, 0) is 117 Å². The summed E-state index contributed by atoms with van der Waals surface area (Å²) in [6.07, 6.45) is 0. The standard InChI is InChI=1S/C42H26/c1-2-11-28-23-34-25-32(21-20-29(34)22-27(28)10-1)36-19-9-14-33-24-30-12-4-6-16-37(30)42(41(33)36)40-26-31-13-3-5-15-35(31)38-17-7-8-18-39(38)40/h1-26H. The second-order valence-corrected chi connectivity index (χ2v) is 11.3. The summed E-state index contributed by atoms with van der Waals surface area (Å²) in [7, 11) is 0. The topological polar surface area (TPSA) is 0 Å². The molecule has 194 valence electrons. The van der Waals surface area contributed by atoms with Gasteiger partial charge in [0.1, 0.15) is 0 Å². The Hall–Kier alpha value is -5.46. The first-order chi connectivity index (χ1) is 20.8. The molecule has 0 radical (unpaired) electrons. The van der Waals surface area contributed by atoms with Crippen LogP contribution in [0.15, 0.2) is 158 Å². The van der Waals surface area contributed by atoms with Crippen LogP contribution in [0.1, 0.15) is 0 Å². The van der Waals surface area contributed by atoms with Crippen molar-refractivity contribution in [2.24, 2.45) is 0 Å². The highest BCUT2D eigenvalue weighted by Crippen LogP contribution is 2.45. The molecule has 0 nitrogen and oxygen atoms in total. The Morgan fingerprint density at radius 3 is 1.60 bits per heavy atom. The molecule has 0 saturated carbocycles. The summed E-state index contributed by atoms with van der Waals surface area (Å²) < 4.78 is 0. The maximum atomic E-state index is 2.40. The quantitative estimate of drug-likeness (QED) is 0.154. The van der Waals surface area contributed by atoms with Crippen molar-refractivity contribution in [1.29, 1.82) is 0 Å². The van der Waals surface area contributed by atoms with Crippen LogP contribution in [0.4, 0.5) is 0 Å². The van der Waals surface area contributed by atoms with Gasteiger partial charge in [0.25, 0.3) is 0 Å². The van der Waals surface area contributed by atoms with Gasteiger partial charge in [0, 0.05) is 0 Å². The van der Waals surface area contributed by atoms with Crippen LogP contribution in [0.3, 0.4) is 0 Å². The number of rotatable bonds is 2. The lowest BCUT2D eigenvalue weighted by Gasteiger charge is -2.19. The summed E-state index contributed by atoms with van der Waals surface area (Å²) in [5, 5.41) is 15.3. The van der Waals surface area contributed by atoms with Gasteiger partial charge < -0.3 is 0 Å². The maximum absolute atomic E-state index is 2.40. The summed E-state index contributed by atoms with van der Waals surface area (Å²) in [5.41, 5.74) is 5.09. The van der Waals surface area contributed by atoms with Crippen molar-refractivity contribution in [3.8, 4) is 22.3 Å². The van der Waals surface area contributed by atoms with Crippen LogP contribution in [0.25, 0.3) is 86.9 Å². The molecule has 0 amide bonds. The van der Waals surface area contributed by atoms with E-state index in [9.17, 15) is 0 Å². The Labute approximate surface area is 244 Å². The fourth-order valence-electron chi connectivity index (χ4n) is 7.01. The first kappa shape index (κ1) is 23.3. The molecule has 0 spiro atoms. The summed E-state index contributed by atoms with van der Waals surface area (Å²) >= 11 is 0. The van der Waals surface area contributed by atoms with Crippen LogP contribution < -0.4 is 0 Å². The van der Waals surface area contributed by atoms with Crippen LogP contribution in [0.5, 0.6) is 0 Å². The molecule has 0 fully saturated rings. The smallest absolute Gasteiger partial charge is 0.00141 e. The predicted molar refractivity (Wildman–Crippen MR) is 182 cm³/mol. The molecule has 0 N–H and O–H groups in total. The molecular weight excluding hydrogens is 504 g/mol. The molecule has 9 aromatic carbocycles. The molecule has 0 atom stereocenters. The van der Waals surface area contributed by atoms with Crippen molar-refractivity contribution in [2.75, 3.05) is 0 Å². The van der Waals surface area contributed by atoms with Crippen molar-refractivity contribution in [3.63, 3.8) is 0 Å². The number of hydrogen-bond acceptors (Lipinski definition) is 0. The molecule has 0 heteroatoms. The Balaban J connectivity index is 1.42. The van der Waals surface area contributed by atoms with Crippen LogP contribution in [0.2, 0.25) is 0 Å². The molecule has 0 aliphatic heterocycles. The summed E-state index contributed by atoms with van der Waals surface area (Å²) in [5.74, 6) is 0. The molecule has 0 aromatic heterocycles. The zero-order chi connectivity index (χ0) is 27.6.